The zero-order valence-corrected chi connectivity index (χ0v) is 10.2. The quantitative estimate of drug-likeness (QED) is 0.865. The highest BCUT2D eigenvalue weighted by Gasteiger charge is 2.11. The molecule has 2 aromatic rings. The van der Waals surface area contributed by atoms with Gasteiger partial charge >= 0.3 is 5.97 Å². The van der Waals surface area contributed by atoms with E-state index in [1.807, 2.05) is 5.38 Å². The Labute approximate surface area is 105 Å². The first kappa shape index (κ1) is 12.1. The van der Waals surface area contributed by atoms with Gasteiger partial charge in [0.1, 0.15) is 10.2 Å². The number of thioether (sulfide) groups is 1. The molecule has 0 aliphatic rings. The third kappa shape index (κ3) is 3.04. The summed E-state index contributed by atoms with van der Waals surface area (Å²) in [5, 5.41) is 10.8. The van der Waals surface area contributed by atoms with Gasteiger partial charge in [-0.05, 0) is 17.7 Å². The van der Waals surface area contributed by atoms with Crippen molar-refractivity contribution in [2.45, 2.75) is 10.1 Å². The van der Waals surface area contributed by atoms with Crippen molar-refractivity contribution in [3.05, 3.63) is 46.7 Å². The molecular weight excluding hydrogens is 261 g/mol. The number of carboxylic acids is 1. The summed E-state index contributed by atoms with van der Waals surface area (Å²) < 4.78 is 13.8. The minimum Gasteiger partial charge on any atom is -0.478 e. The summed E-state index contributed by atoms with van der Waals surface area (Å²) in [6, 6.07) is 3.81. The Morgan fingerprint density at radius 2 is 2.35 bits per heavy atom. The molecule has 1 N–H and O–H groups in total. The van der Waals surface area contributed by atoms with E-state index in [-0.39, 0.29) is 5.56 Å². The van der Waals surface area contributed by atoms with Gasteiger partial charge in [0.25, 0.3) is 0 Å². The zero-order valence-electron chi connectivity index (χ0n) is 8.59. The van der Waals surface area contributed by atoms with Crippen molar-refractivity contribution in [1.29, 1.82) is 0 Å². The Bertz CT molecular complexity index is 528. The van der Waals surface area contributed by atoms with E-state index < -0.39 is 11.8 Å². The van der Waals surface area contributed by atoms with Crippen LogP contribution in [0.15, 0.2) is 34.1 Å². The van der Waals surface area contributed by atoms with Crippen LogP contribution in [0, 0.1) is 5.82 Å². The number of carboxylic acid groups (broad SMARTS) is 1. The lowest BCUT2D eigenvalue weighted by Gasteiger charge is -2.04. The van der Waals surface area contributed by atoms with Crippen molar-refractivity contribution in [3.8, 4) is 0 Å². The molecule has 0 spiro atoms. The van der Waals surface area contributed by atoms with Crippen molar-refractivity contribution < 1.29 is 14.3 Å². The summed E-state index contributed by atoms with van der Waals surface area (Å²) in [4.78, 5) is 15.0. The largest absolute Gasteiger partial charge is 0.478 e. The van der Waals surface area contributed by atoms with Crippen LogP contribution < -0.4 is 0 Å². The first-order valence-corrected chi connectivity index (χ1v) is 6.57. The highest BCUT2D eigenvalue weighted by molar-refractivity contribution is 8.00. The molecule has 17 heavy (non-hydrogen) atoms. The van der Waals surface area contributed by atoms with Crippen LogP contribution in [-0.2, 0) is 5.75 Å². The molecule has 0 saturated carbocycles. The monoisotopic (exact) mass is 269 g/mol. The van der Waals surface area contributed by atoms with Gasteiger partial charge in [0.2, 0.25) is 0 Å². The molecule has 0 bridgehead atoms. The smallest absolute Gasteiger partial charge is 0.336 e. The molecule has 0 aliphatic heterocycles. The molecule has 0 unspecified atom stereocenters. The van der Waals surface area contributed by atoms with Gasteiger partial charge in [-0.1, -0.05) is 17.8 Å². The molecule has 1 aromatic carbocycles. The SMILES string of the molecule is O=C(O)c1cc(F)ccc1CSc1nccs1. The van der Waals surface area contributed by atoms with Crippen molar-refractivity contribution in [1.82, 2.24) is 4.98 Å². The Morgan fingerprint density at radius 3 is 3.00 bits per heavy atom. The summed E-state index contributed by atoms with van der Waals surface area (Å²) >= 11 is 2.93. The third-order valence-electron chi connectivity index (χ3n) is 2.06. The molecular formula is C11H8FNO2S2. The lowest BCUT2D eigenvalue weighted by atomic mass is 10.1. The van der Waals surface area contributed by atoms with Crippen LogP contribution >= 0.6 is 23.1 Å². The Balaban J connectivity index is 2.17. The van der Waals surface area contributed by atoms with Crippen LogP contribution in [0.25, 0.3) is 0 Å². The second-order valence-corrected chi connectivity index (χ2v) is 5.31. The molecule has 2 rings (SSSR count). The molecule has 6 heteroatoms. The van der Waals surface area contributed by atoms with E-state index in [9.17, 15) is 9.18 Å². The molecule has 88 valence electrons. The fourth-order valence-corrected chi connectivity index (χ4v) is 2.94. The highest BCUT2D eigenvalue weighted by Crippen LogP contribution is 2.26. The number of hydrogen-bond donors (Lipinski definition) is 1. The summed E-state index contributed by atoms with van der Waals surface area (Å²) in [5.41, 5.74) is 0.605. The molecule has 0 saturated heterocycles. The minimum atomic E-state index is -1.11. The molecule has 0 atom stereocenters. The second-order valence-electron chi connectivity index (χ2n) is 3.19. The van der Waals surface area contributed by atoms with E-state index in [4.69, 9.17) is 5.11 Å². The number of aromatic nitrogens is 1. The van der Waals surface area contributed by atoms with Gasteiger partial charge in [-0.3, -0.25) is 0 Å². The van der Waals surface area contributed by atoms with Crippen LogP contribution in [0.3, 0.4) is 0 Å². The molecule has 1 heterocycles. The van der Waals surface area contributed by atoms with Gasteiger partial charge in [0.15, 0.2) is 0 Å². The summed E-state index contributed by atoms with van der Waals surface area (Å²) in [5.74, 6) is -1.18. The fraction of sp³-hybridized carbons (Fsp3) is 0.0909. The van der Waals surface area contributed by atoms with Gasteiger partial charge in [-0.25, -0.2) is 14.2 Å². The number of aromatic carboxylic acids is 1. The van der Waals surface area contributed by atoms with Crippen LogP contribution in [-0.4, -0.2) is 16.1 Å². The van der Waals surface area contributed by atoms with Crippen molar-refractivity contribution in [2.24, 2.45) is 0 Å². The van der Waals surface area contributed by atoms with Crippen LogP contribution in [0.4, 0.5) is 4.39 Å². The van der Waals surface area contributed by atoms with Gasteiger partial charge in [-0.15, -0.1) is 11.3 Å². The number of thiazole rings is 1. The summed E-state index contributed by atoms with van der Waals surface area (Å²) in [7, 11) is 0. The minimum absolute atomic E-state index is 0.00839. The molecule has 0 amide bonds. The fourth-order valence-electron chi connectivity index (χ4n) is 1.29. The maximum atomic E-state index is 12.9. The Morgan fingerprint density at radius 1 is 1.53 bits per heavy atom. The van der Waals surface area contributed by atoms with E-state index in [0.29, 0.717) is 11.3 Å². The molecule has 0 radical (unpaired) electrons. The number of benzene rings is 1. The highest BCUT2D eigenvalue weighted by atomic mass is 32.2. The first-order valence-electron chi connectivity index (χ1n) is 4.71. The predicted octanol–water partition coefficient (Wildman–Crippen LogP) is 3.27. The maximum absolute atomic E-state index is 12.9. The van der Waals surface area contributed by atoms with E-state index in [2.05, 4.69) is 4.98 Å². The molecule has 0 fully saturated rings. The third-order valence-corrected chi connectivity index (χ3v) is 4.08. The lowest BCUT2D eigenvalue weighted by Crippen LogP contribution is -2.02. The standard InChI is InChI=1S/C11H8FNO2S2/c12-8-2-1-7(9(5-8)10(14)15)6-17-11-13-3-4-16-11/h1-5H,6H2,(H,14,15). The summed E-state index contributed by atoms with van der Waals surface area (Å²) in [6.07, 6.45) is 1.69. The second kappa shape index (κ2) is 5.29. The van der Waals surface area contributed by atoms with Crippen molar-refractivity contribution >= 4 is 29.1 Å². The predicted molar refractivity (Wildman–Crippen MR) is 65.0 cm³/mol. The van der Waals surface area contributed by atoms with Gasteiger partial charge in [-0.2, -0.15) is 0 Å². The molecule has 1 aromatic heterocycles. The van der Waals surface area contributed by atoms with Crippen LogP contribution in [0.5, 0.6) is 0 Å². The average molecular weight is 269 g/mol. The van der Waals surface area contributed by atoms with Gasteiger partial charge in [0, 0.05) is 17.3 Å². The number of nitrogens with zero attached hydrogens (tertiary/aromatic N) is 1. The lowest BCUT2D eigenvalue weighted by molar-refractivity contribution is 0.0695. The van der Waals surface area contributed by atoms with Gasteiger partial charge < -0.3 is 5.11 Å². The average Bonchev–Trinajstić information content (AvgIpc) is 2.80. The molecule has 0 aliphatic carbocycles. The van der Waals surface area contributed by atoms with Crippen molar-refractivity contribution in [2.75, 3.05) is 0 Å². The van der Waals surface area contributed by atoms with Crippen LogP contribution in [0.1, 0.15) is 15.9 Å². The topological polar surface area (TPSA) is 50.2 Å². The van der Waals surface area contributed by atoms with Crippen LogP contribution in [0.2, 0.25) is 0 Å². The number of hydrogen-bond acceptors (Lipinski definition) is 4. The Hall–Kier alpha value is -1.40. The van der Waals surface area contributed by atoms with E-state index in [1.165, 1.54) is 35.2 Å². The maximum Gasteiger partial charge on any atom is 0.336 e. The number of rotatable bonds is 4. The van der Waals surface area contributed by atoms with E-state index >= 15 is 0 Å². The Kier molecular flexibility index (Phi) is 3.75. The van der Waals surface area contributed by atoms with Crippen molar-refractivity contribution in [3.63, 3.8) is 0 Å². The van der Waals surface area contributed by atoms with Gasteiger partial charge in [0.05, 0.1) is 5.56 Å². The number of carbonyl (C=O) groups is 1. The van der Waals surface area contributed by atoms with E-state index in [1.54, 1.807) is 6.20 Å². The normalized spacial score (nSPS) is 10.4. The molecule has 3 nitrogen and oxygen atoms in total. The first-order chi connectivity index (χ1) is 8.16. The number of halogens is 1. The summed E-state index contributed by atoms with van der Waals surface area (Å²) in [6.45, 7) is 0. The zero-order chi connectivity index (χ0) is 12.3. The van der Waals surface area contributed by atoms with E-state index in [0.717, 1.165) is 10.4 Å².